The molecular formula is C17H13NO5. The Morgan fingerprint density at radius 1 is 1.43 bits per heavy atom. The van der Waals surface area contributed by atoms with Gasteiger partial charge in [-0.05, 0) is 25.1 Å². The predicted octanol–water partition coefficient (Wildman–Crippen LogP) is 3.35. The number of nitrogens with zero attached hydrogens (tertiary/aromatic N) is 1. The molecule has 2 rings (SSSR count). The molecule has 0 atom stereocenters. The molecule has 2 aromatic rings. The fourth-order valence-corrected chi connectivity index (χ4v) is 1.87. The predicted molar refractivity (Wildman–Crippen MR) is 84.4 cm³/mol. The largest absolute Gasteiger partial charge is 0.457 e. The van der Waals surface area contributed by atoms with Gasteiger partial charge < -0.3 is 9.15 Å². The normalized spacial score (nSPS) is 10.4. The van der Waals surface area contributed by atoms with E-state index in [0.717, 1.165) is 0 Å². The fraction of sp³-hybridized carbons (Fsp3) is 0.118. The summed E-state index contributed by atoms with van der Waals surface area (Å²) in [6, 6.07) is 8.15. The lowest BCUT2D eigenvalue weighted by Gasteiger charge is -2.00. The number of carbonyl (C=O) groups excluding carboxylic acids is 1. The summed E-state index contributed by atoms with van der Waals surface area (Å²) in [5.41, 5.74) is 1.17. The van der Waals surface area contributed by atoms with Crippen LogP contribution in [0.4, 0.5) is 5.69 Å². The Hall–Kier alpha value is -3.33. The van der Waals surface area contributed by atoms with E-state index in [0.29, 0.717) is 22.6 Å². The molecule has 1 aromatic carbocycles. The van der Waals surface area contributed by atoms with Crippen molar-refractivity contribution in [3.05, 3.63) is 57.8 Å². The van der Waals surface area contributed by atoms with Crippen LogP contribution in [0.15, 0.2) is 40.8 Å². The number of rotatable bonds is 5. The molecule has 0 unspecified atom stereocenters. The quantitative estimate of drug-likeness (QED) is 0.278. The van der Waals surface area contributed by atoms with E-state index >= 15 is 0 Å². The summed E-state index contributed by atoms with van der Waals surface area (Å²) in [5, 5.41) is 11.0. The number of hydrogen-bond acceptors (Lipinski definition) is 5. The van der Waals surface area contributed by atoms with Gasteiger partial charge >= 0.3 is 5.97 Å². The van der Waals surface area contributed by atoms with Gasteiger partial charge in [-0.1, -0.05) is 18.1 Å². The van der Waals surface area contributed by atoms with Gasteiger partial charge in [-0.25, -0.2) is 4.79 Å². The van der Waals surface area contributed by atoms with Crippen molar-refractivity contribution < 1.29 is 18.9 Å². The molecule has 0 aliphatic rings. The molecule has 6 heteroatoms. The molecule has 0 aliphatic carbocycles. The van der Waals surface area contributed by atoms with Crippen molar-refractivity contribution in [2.45, 2.75) is 6.92 Å². The second kappa shape index (κ2) is 7.09. The molecule has 0 fully saturated rings. The van der Waals surface area contributed by atoms with Crippen LogP contribution in [0.25, 0.3) is 17.4 Å². The van der Waals surface area contributed by atoms with E-state index in [2.05, 4.69) is 10.7 Å². The Kier molecular flexibility index (Phi) is 4.95. The monoisotopic (exact) mass is 311 g/mol. The Balaban J connectivity index is 2.18. The molecule has 1 aromatic heterocycles. The summed E-state index contributed by atoms with van der Waals surface area (Å²) < 4.78 is 10.2. The van der Waals surface area contributed by atoms with Crippen LogP contribution in [-0.4, -0.2) is 17.5 Å². The maximum absolute atomic E-state index is 11.3. The highest BCUT2D eigenvalue weighted by Crippen LogP contribution is 2.28. The third-order valence-corrected chi connectivity index (χ3v) is 3.00. The topological polar surface area (TPSA) is 82.6 Å². The van der Waals surface area contributed by atoms with Crippen LogP contribution < -0.4 is 0 Å². The number of hydrogen-bond donors (Lipinski definition) is 0. The van der Waals surface area contributed by atoms with E-state index in [-0.39, 0.29) is 12.3 Å². The first kappa shape index (κ1) is 16.0. The maximum Gasteiger partial charge on any atom is 0.331 e. The molecule has 0 radical (unpaired) electrons. The summed E-state index contributed by atoms with van der Waals surface area (Å²) in [7, 11) is 0. The molecule has 116 valence electrons. The zero-order valence-electron chi connectivity index (χ0n) is 12.3. The first-order valence-electron chi connectivity index (χ1n) is 6.65. The third kappa shape index (κ3) is 4.08. The Labute approximate surface area is 132 Å². The van der Waals surface area contributed by atoms with E-state index in [1.807, 2.05) is 0 Å². The lowest BCUT2D eigenvalue weighted by Crippen LogP contribution is -1.99. The van der Waals surface area contributed by atoms with Crippen LogP contribution in [0.2, 0.25) is 0 Å². The van der Waals surface area contributed by atoms with E-state index in [1.165, 1.54) is 18.2 Å². The number of ether oxygens (including phenoxy) is 1. The van der Waals surface area contributed by atoms with Gasteiger partial charge in [0, 0.05) is 23.3 Å². The van der Waals surface area contributed by atoms with Crippen molar-refractivity contribution in [1.29, 1.82) is 0 Å². The summed E-state index contributed by atoms with van der Waals surface area (Å²) in [6.45, 7) is 1.57. The van der Waals surface area contributed by atoms with Crippen LogP contribution >= 0.6 is 0 Å². The van der Waals surface area contributed by atoms with Gasteiger partial charge in [0.05, 0.1) is 4.92 Å². The third-order valence-electron chi connectivity index (χ3n) is 3.00. The van der Waals surface area contributed by atoms with Crippen molar-refractivity contribution in [3.63, 3.8) is 0 Å². The number of benzene rings is 1. The second-order valence-corrected chi connectivity index (χ2v) is 4.61. The molecular weight excluding hydrogens is 298 g/mol. The molecule has 23 heavy (non-hydrogen) atoms. The van der Waals surface area contributed by atoms with Gasteiger partial charge in [0.25, 0.3) is 5.69 Å². The molecule has 0 N–H and O–H groups in total. The fourth-order valence-electron chi connectivity index (χ4n) is 1.87. The Bertz CT molecular complexity index is 811. The van der Waals surface area contributed by atoms with E-state index < -0.39 is 10.9 Å². The maximum atomic E-state index is 11.3. The summed E-state index contributed by atoms with van der Waals surface area (Å²) in [5.74, 6) is 2.49. The highest BCUT2D eigenvalue weighted by atomic mass is 16.6. The van der Waals surface area contributed by atoms with Crippen molar-refractivity contribution in [3.8, 4) is 23.7 Å². The van der Waals surface area contributed by atoms with Crippen LogP contribution in [0.5, 0.6) is 0 Å². The summed E-state index contributed by atoms with van der Waals surface area (Å²) in [4.78, 5) is 21.8. The minimum Gasteiger partial charge on any atom is -0.457 e. The van der Waals surface area contributed by atoms with E-state index in [1.54, 1.807) is 31.2 Å². The van der Waals surface area contributed by atoms with Gasteiger partial charge in [-0.2, -0.15) is 0 Å². The average molecular weight is 311 g/mol. The smallest absolute Gasteiger partial charge is 0.331 e. The summed E-state index contributed by atoms with van der Waals surface area (Å²) >= 11 is 0. The number of esters is 1. The highest BCUT2D eigenvalue weighted by molar-refractivity contribution is 5.86. The van der Waals surface area contributed by atoms with Gasteiger partial charge in [0.1, 0.15) is 11.5 Å². The molecule has 0 saturated carbocycles. The molecule has 0 bridgehead atoms. The van der Waals surface area contributed by atoms with Crippen molar-refractivity contribution >= 4 is 17.7 Å². The van der Waals surface area contributed by atoms with Crippen LogP contribution in [-0.2, 0) is 9.53 Å². The standard InChI is InChI=1S/C17H13NO5/c1-3-10-22-17(19)9-7-14-6-8-16(23-14)13-5-4-12(2)15(11-13)18(20)21/h1,4-9,11H,10H2,2H3/b9-7+. The lowest BCUT2D eigenvalue weighted by atomic mass is 10.1. The minimum atomic E-state index is -0.577. The molecule has 0 spiro atoms. The number of nitro groups is 1. The van der Waals surface area contributed by atoms with Gasteiger partial charge in [0.15, 0.2) is 6.61 Å². The average Bonchev–Trinajstić information content (AvgIpc) is 3.00. The Morgan fingerprint density at radius 3 is 2.91 bits per heavy atom. The number of terminal acetylenes is 1. The summed E-state index contributed by atoms with van der Waals surface area (Å²) in [6.07, 6.45) is 7.61. The zero-order valence-corrected chi connectivity index (χ0v) is 12.3. The van der Waals surface area contributed by atoms with Gasteiger partial charge in [-0.3, -0.25) is 10.1 Å². The van der Waals surface area contributed by atoms with E-state index in [4.69, 9.17) is 10.8 Å². The second-order valence-electron chi connectivity index (χ2n) is 4.61. The van der Waals surface area contributed by atoms with Gasteiger partial charge in [0.2, 0.25) is 0 Å². The number of aryl methyl sites for hydroxylation is 1. The highest BCUT2D eigenvalue weighted by Gasteiger charge is 2.13. The van der Waals surface area contributed by atoms with Gasteiger partial charge in [-0.15, -0.1) is 6.42 Å². The van der Waals surface area contributed by atoms with Crippen LogP contribution in [0.1, 0.15) is 11.3 Å². The van der Waals surface area contributed by atoms with Crippen molar-refractivity contribution in [2.24, 2.45) is 0 Å². The zero-order chi connectivity index (χ0) is 16.8. The van der Waals surface area contributed by atoms with E-state index in [9.17, 15) is 14.9 Å². The number of carbonyl (C=O) groups is 1. The molecule has 0 amide bonds. The van der Waals surface area contributed by atoms with Crippen molar-refractivity contribution in [2.75, 3.05) is 6.61 Å². The number of furan rings is 1. The number of nitro benzene ring substituents is 1. The van der Waals surface area contributed by atoms with Crippen LogP contribution in [0.3, 0.4) is 0 Å². The molecule has 0 saturated heterocycles. The molecule has 1 heterocycles. The van der Waals surface area contributed by atoms with Crippen molar-refractivity contribution in [1.82, 2.24) is 0 Å². The van der Waals surface area contributed by atoms with Crippen LogP contribution in [0, 0.1) is 29.4 Å². The first-order chi connectivity index (χ1) is 11.0. The minimum absolute atomic E-state index is 0.0221. The molecule has 6 nitrogen and oxygen atoms in total. The SMILES string of the molecule is C#CCOC(=O)/C=C/c1ccc(-c2ccc(C)c([N+](=O)[O-])c2)o1. The lowest BCUT2D eigenvalue weighted by molar-refractivity contribution is -0.385. The Morgan fingerprint density at radius 2 is 2.22 bits per heavy atom. The first-order valence-corrected chi connectivity index (χ1v) is 6.65. The molecule has 0 aliphatic heterocycles.